The second-order valence-electron chi connectivity index (χ2n) is 4.59. The molecule has 0 aliphatic carbocycles. The van der Waals surface area contributed by atoms with Crippen LogP contribution in [-0.2, 0) is 4.79 Å². The molecule has 0 aromatic heterocycles. The van der Waals surface area contributed by atoms with Crippen LogP contribution in [0.1, 0.15) is 32.1 Å². The maximum Gasteiger partial charge on any atom is 0.220 e. The summed E-state index contributed by atoms with van der Waals surface area (Å²) in [5, 5.41) is 9.95. The van der Waals surface area contributed by atoms with Crippen LogP contribution in [0.2, 0.25) is 0 Å². The van der Waals surface area contributed by atoms with Crippen LogP contribution in [0.25, 0.3) is 0 Å². The minimum absolute atomic E-state index is 0.198. The molecule has 2 unspecified atom stereocenters. The highest BCUT2D eigenvalue weighted by molar-refractivity contribution is 5.76. The Morgan fingerprint density at radius 3 is 2.93 bits per heavy atom. The summed E-state index contributed by atoms with van der Waals surface area (Å²) in [5.74, 6) is 0.198. The number of piperidine rings is 2. The largest absolute Gasteiger partial charge is 0.355 e. The van der Waals surface area contributed by atoms with Crippen LogP contribution in [0.5, 0.6) is 0 Å². The number of nitrogens with one attached hydrogen (secondary N) is 3. The van der Waals surface area contributed by atoms with Crippen molar-refractivity contribution in [2.75, 3.05) is 19.6 Å². The number of carbonyl (C=O) groups excluding carboxylic acids is 1. The van der Waals surface area contributed by atoms with Crippen LogP contribution >= 0.6 is 0 Å². The Kier molecular flexibility index (Phi) is 3.97. The van der Waals surface area contributed by atoms with Gasteiger partial charge in [0.1, 0.15) is 0 Å². The average Bonchev–Trinajstić information content (AvgIpc) is 2.30. The lowest BCUT2D eigenvalue weighted by atomic mass is 10.0. The van der Waals surface area contributed by atoms with Crippen molar-refractivity contribution in [3.63, 3.8) is 0 Å². The Morgan fingerprint density at radius 2 is 2.27 bits per heavy atom. The number of hydrogen-bond donors (Lipinski definition) is 3. The van der Waals surface area contributed by atoms with E-state index in [2.05, 4.69) is 16.0 Å². The van der Waals surface area contributed by atoms with Gasteiger partial charge in [0.25, 0.3) is 0 Å². The van der Waals surface area contributed by atoms with Gasteiger partial charge in [-0.15, -0.1) is 0 Å². The molecule has 0 bridgehead atoms. The zero-order valence-corrected chi connectivity index (χ0v) is 9.22. The highest BCUT2D eigenvalue weighted by Crippen LogP contribution is 2.07. The zero-order chi connectivity index (χ0) is 10.5. The summed E-state index contributed by atoms with van der Waals surface area (Å²) in [6, 6.07) is 1.11. The lowest BCUT2D eigenvalue weighted by molar-refractivity contribution is -0.122. The summed E-state index contributed by atoms with van der Waals surface area (Å²) in [5.41, 5.74) is 0. The molecule has 3 N–H and O–H groups in total. The minimum atomic E-state index is 0.198. The van der Waals surface area contributed by atoms with E-state index in [1.807, 2.05) is 0 Å². The number of hydrogen-bond acceptors (Lipinski definition) is 3. The number of carbonyl (C=O) groups is 1. The molecular weight excluding hydrogens is 190 g/mol. The Morgan fingerprint density at radius 1 is 1.33 bits per heavy atom. The predicted octanol–water partition coefficient (Wildman–Crippen LogP) is -0.00330. The van der Waals surface area contributed by atoms with Crippen molar-refractivity contribution in [1.29, 1.82) is 0 Å². The van der Waals surface area contributed by atoms with Gasteiger partial charge in [0, 0.05) is 31.6 Å². The first-order chi connectivity index (χ1) is 7.34. The van der Waals surface area contributed by atoms with Gasteiger partial charge in [-0.1, -0.05) is 6.42 Å². The molecule has 2 aliphatic rings. The summed E-state index contributed by atoms with van der Waals surface area (Å²) >= 11 is 0. The summed E-state index contributed by atoms with van der Waals surface area (Å²) in [4.78, 5) is 11.0. The van der Waals surface area contributed by atoms with Crippen molar-refractivity contribution in [1.82, 2.24) is 16.0 Å². The van der Waals surface area contributed by atoms with Crippen LogP contribution in [0.4, 0.5) is 0 Å². The van der Waals surface area contributed by atoms with Crippen molar-refractivity contribution >= 4 is 5.91 Å². The van der Waals surface area contributed by atoms with Crippen LogP contribution in [0.3, 0.4) is 0 Å². The fourth-order valence-electron chi connectivity index (χ4n) is 2.31. The summed E-state index contributed by atoms with van der Waals surface area (Å²) in [7, 11) is 0. The first-order valence-electron chi connectivity index (χ1n) is 6.08. The maximum absolute atomic E-state index is 11.0. The Bertz CT molecular complexity index is 204. The van der Waals surface area contributed by atoms with Crippen molar-refractivity contribution in [2.45, 2.75) is 44.2 Å². The molecule has 2 rings (SSSR count). The molecule has 1 amide bonds. The topological polar surface area (TPSA) is 53.2 Å². The van der Waals surface area contributed by atoms with E-state index in [-0.39, 0.29) is 5.91 Å². The van der Waals surface area contributed by atoms with Gasteiger partial charge in [0.2, 0.25) is 5.91 Å². The molecule has 2 heterocycles. The molecule has 15 heavy (non-hydrogen) atoms. The Balaban J connectivity index is 1.62. The van der Waals surface area contributed by atoms with Crippen LogP contribution < -0.4 is 16.0 Å². The first-order valence-corrected chi connectivity index (χ1v) is 6.08. The highest BCUT2D eigenvalue weighted by atomic mass is 16.1. The zero-order valence-electron chi connectivity index (χ0n) is 9.22. The van der Waals surface area contributed by atoms with E-state index in [1.165, 1.54) is 19.3 Å². The number of amides is 1. The molecule has 2 saturated heterocycles. The molecule has 0 radical (unpaired) electrons. The number of rotatable bonds is 3. The lowest BCUT2D eigenvalue weighted by Gasteiger charge is -2.28. The molecule has 0 saturated carbocycles. The van der Waals surface area contributed by atoms with E-state index >= 15 is 0 Å². The highest BCUT2D eigenvalue weighted by Gasteiger charge is 2.19. The quantitative estimate of drug-likeness (QED) is 0.616. The van der Waals surface area contributed by atoms with E-state index in [0.717, 1.165) is 26.1 Å². The summed E-state index contributed by atoms with van der Waals surface area (Å²) < 4.78 is 0. The molecule has 2 atom stereocenters. The average molecular weight is 211 g/mol. The summed E-state index contributed by atoms with van der Waals surface area (Å²) in [6.45, 7) is 3.00. The first kappa shape index (κ1) is 10.9. The molecule has 0 spiro atoms. The second kappa shape index (κ2) is 5.47. The van der Waals surface area contributed by atoms with Gasteiger partial charge in [0.05, 0.1) is 0 Å². The van der Waals surface area contributed by atoms with Crippen molar-refractivity contribution in [2.24, 2.45) is 0 Å². The summed E-state index contributed by atoms with van der Waals surface area (Å²) in [6.07, 6.45) is 5.61. The second-order valence-corrected chi connectivity index (χ2v) is 4.59. The molecule has 0 aromatic rings. The molecule has 2 aliphatic heterocycles. The van der Waals surface area contributed by atoms with Crippen LogP contribution in [0, 0.1) is 0 Å². The Labute approximate surface area is 91.2 Å². The normalized spacial score (nSPS) is 32.4. The SMILES string of the molecule is O=C1CCC(NCC2CCCCN2)CN1. The van der Waals surface area contributed by atoms with Gasteiger partial charge < -0.3 is 16.0 Å². The van der Waals surface area contributed by atoms with E-state index in [4.69, 9.17) is 0 Å². The molecule has 86 valence electrons. The van der Waals surface area contributed by atoms with Crippen LogP contribution in [-0.4, -0.2) is 37.6 Å². The monoisotopic (exact) mass is 211 g/mol. The van der Waals surface area contributed by atoms with Gasteiger partial charge in [-0.05, 0) is 25.8 Å². The molecular formula is C11H21N3O. The Hall–Kier alpha value is -0.610. The van der Waals surface area contributed by atoms with Gasteiger partial charge in [-0.3, -0.25) is 4.79 Å². The van der Waals surface area contributed by atoms with Gasteiger partial charge in [-0.2, -0.15) is 0 Å². The van der Waals surface area contributed by atoms with Gasteiger partial charge >= 0.3 is 0 Å². The van der Waals surface area contributed by atoms with E-state index in [1.54, 1.807) is 0 Å². The third-order valence-electron chi connectivity index (χ3n) is 3.33. The molecule has 4 heteroatoms. The lowest BCUT2D eigenvalue weighted by Crippen LogP contribution is -2.50. The van der Waals surface area contributed by atoms with Crippen LogP contribution in [0.15, 0.2) is 0 Å². The standard InChI is InChI=1S/C11H21N3O/c15-11-5-4-10(8-14-11)13-7-9-3-1-2-6-12-9/h9-10,12-13H,1-8H2,(H,14,15). The van der Waals surface area contributed by atoms with Gasteiger partial charge in [-0.25, -0.2) is 0 Å². The predicted molar refractivity (Wildman–Crippen MR) is 59.7 cm³/mol. The third-order valence-corrected chi connectivity index (χ3v) is 3.33. The molecule has 4 nitrogen and oxygen atoms in total. The smallest absolute Gasteiger partial charge is 0.220 e. The van der Waals surface area contributed by atoms with Crippen molar-refractivity contribution < 1.29 is 4.79 Å². The fourth-order valence-corrected chi connectivity index (χ4v) is 2.31. The molecule has 0 aromatic carbocycles. The van der Waals surface area contributed by atoms with E-state index in [0.29, 0.717) is 18.5 Å². The minimum Gasteiger partial charge on any atom is -0.355 e. The maximum atomic E-state index is 11.0. The van der Waals surface area contributed by atoms with E-state index < -0.39 is 0 Å². The third kappa shape index (κ3) is 3.47. The van der Waals surface area contributed by atoms with Gasteiger partial charge in [0.15, 0.2) is 0 Å². The van der Waals surface area contributed by atoms with E-state index in [9.17, 15) is 4.79 Å². The van der Waals surface area contributed by atoms with Crippen molar-refractivity contribution in [3.05, 3.63) is 0 Å². The van der Waals surface area contributed by atoms with Crippen molar-refractivity contribution in [3.8, 4) is 0 Å². The fraction of sp³-hybridized carbons (Fsp3) is 0.909. The molecule has 2 fully saturated rings.